The molecule has 0 unspecified atom stereocenters. The summed E-state index contributed by atoms with van der Waals surface area (Å²) in [6.07, 6.45) is 3.03. The number of carbonyl (C=O) groups is 2. The molecule has 0 spiro atoms. The van der Waals surface area contributed by atoms with Crippen LogP contribution in [-0.2, 0) is 0 Å². The Morgan fingerprint density at radius 1 is 1.12 bits per heavy atom. The third-order valence-corrected chi connectivity index (χ3v) is 2.17. The zero-order chi connectivity index (χ0) is 11.4. The van der Waals surface area contributed by atoms with Gasteiger partial charge in [-0.3, -0.25) is 14.6 Å². The number of aromatic amines is 1. The van der Waals surface area contributed by atoms with Gasteiger partial charge in [-0.2, -0.15) is 0 Å². The van der Waals surface area contributed by atoms with Gasteiger partial charge in [0.25, 0.3) is 0 Å². The lowest BCUT2D eigenvalue weighted by molar-refractivity contribution is 0.0889. The highest BCUT2D eigenvalue weighted by Crippen LogP contribution is 2.05. The number of nitrogens with one attached hydrogen (secondary N) is 1. The summed E-state index contributed by atoms with van der Waals surface area (Å²) in [5.74, 6) is -0.485. The number of H-pyrrole nitrogens is 1. The van der Waals surface area contributed by atoms with Gasteiger partial charge < -0.3 is 4.98 Å². The maximum absolute atomic E-state index is 11.7. The molecule has 0 fully saturated rings. The van der Waals surface area contributed by atoms with Crippen LogP contribution in [0.25, 0.3) is 0 Å². The van der Waals surface area contributed by atoms with E-state index in [0.717, 1.165) is 0 Å². The van der Waals surface area contributed by atoms with E-state index in [0.29, 0.717) is 11.4 Å². The molecule has 0 bridgehead atoms. The van der Waals surface area contributed by atoms with Gasteiger partial charge in [0.1, 0.15) is 5.69 Å². The minimum absolute atomic E-state index is 0.155. The van der Waals surface area contributed by atoms with Gasteiger partial charge in [0.05, 0.1) is 12.1 Å². The van der Waals surface area contributed by atoms with Crippen LogP contribution < -0.4 is 0 Å². The molecule has 4 nitrogen and oxygen atoms in total. The number of hydrogen-bond acceptors (Lipinski definition) is 3. The predicted molar refractivity (Wildman–Crippen MR) is 58.3 cm³/mol. The Hall–Kier alpha value is -2.23. The van der Waals surface area contributed by atoms with Crippen molar-refractivity contribution in [1.29, 1.82) is 0 Å². The molecule has 16 heavy (non-hydrogen) atoms. The lowest BCUT2D eigenvalue weighted by atomic mass is 10.1. The quantitative estimate of drug-likeness (QED) is 0.624. The van der Waals surface area contributed by atoms with Crippen LogP contribution in [0, 0.1) is 0 Å². The fourth-order valence-corrected chi connectivity index (χ4v) is 1.36. The van der Waals surface area contributed by atoms with Crippen LogP contribution in [0.3, 0.4) is 0 Å². The Morgan fingerprint density at radius 2 is 2.00 bits per heavy atom. The van der Waals surface area contributed by atoms with Crippen LogP contribution in [0.1, 0.15) is 27.4 Å². The second-order valence-corrected chi connectivity index (χ2v) is 3.32. The van der Waals surface area contributed by atoms with Gasteiger partial charge >= 0.3 is 0 Å². The highest BCUT2D eigenvalue weighted by Gasteiger charge is 2.14. The SMILES string of the molecule is O=C(CC(=O)c1ccc[nH]1)c1ccccn1. The average molecular weight is 214 g/mol. The zero-order valence-corrected chi connectivity index (χ0v) is 8.51. The summed E-state index contributed by atoms with van der Waals surface area (Å²) >= 11 is 0. The van der Waals surface area contributed by atoms with Gasteiger partial charge in [0, 0.05) is 12.4 Å². The summed E-state index contributed by atoms with van der Waals surface area (Å²) in [5.41, 5.74) is 0.770. The molecule has 0 aromatic carbocycles. The monoisotopic (exact) mass is 214 g/mol. The smallest absolute Gasteiger partial charge is 0.188 e. The van der Waals surface area contributed by atoms with Crippen LogP contribution in [0.4, 0.5) is 0 Å². The molecule has 0 amide bonds. The zero-order valence-electron chi connectivity index (χ0n) is 8.51. The van der Waals surface area contributed by atoms with E-state index in [9.17, 15) is 9.59 Å². The average Bonchev–Trinajstić information content (AvgIpc) is 2.83. The van der Waals surface area contributed by atoms with Crippen molar-refractivity contribution in [2.75, 3.05) is 0 Å². The van der Waals surface area contributed by atoms with Crippen molar-refractivity contribution < 1.29 is 9.59 Å². The number of rotatable bonds is 4. The molecule has 0 saturated heterocycles. The molecule has 0 saturated carbocycles. The third kappa shape index (κ3) is 2.23. The van der Waals surface area contributed by atoms with Gasteiger partial charge in [0.2, 0.25) is 0 Å². The second kappa shape index (κ2) is 4.53. The number of Topliss-reactive ketones (excluding diaryl/α,β-unsaturated/α-hetero) is 2. The second-order valence-electron chi connectivity index (χ2n) is 3.32. The Morgan fingerprint density at radius 3 is 2.62 bits per heavy atom. The lowest BCUT2D eigenvalue weighted by Gasteiger charge is -1.98. The van der Waals surface area contributed by atoms with Gasteiger partial charge in [-0.15, -0.1) is 0 Å². The van der Waals surface area contributed by atoms with Crippen molar-refractivity contribution in [3.63, 3.8) is 0 Å². The number of carbonyl (C=O) groups excluding carboxylic acids is 2. The summed E-state index contributed by atoms with van der Waals surface area (Å²) in [6, 6.07) is 8.42. The highest BCUT2D eigenvalue weighted by molar-refractivity contribution is 6.12. The predicted octanol–water partition coefficient (Wildman–Crippen LogP) is 1.87. The molecule has 2 rings (SSSR count). The Labute approximate surface area is 92.3 Å². The fourth-order valence-electron chi connectivity index (χ4n) is 1.36. The molecule has 80 valence electrons. The van der Waals surface area contributed by atoms with Crippen LogP contribution in [-0.4, -0.2) is 21.5 Å². The maximum atomic E-state index is 11.7. The van der Waals surface area contributed by atoms with Crippen LogP contribution in [0.5, 0.6) is 0 Å². The molecular weight excluding hydrogens is 204 g/mol. The molecule has 2 aromatic rings. The van der Waals surface area contributed by atoms with E-state index < -0.39 is 0 Å². The topological polar surface area (TPSA) is 62.8 Å². The first-order valence-corrected chi connectivity index (χ1v) is 4.88. The molecule has 0 aliphatic carbocycles. The summed E-state index contributed by atoms with van der Waals surface area (Å²) in [5, 5.41) is 0. The first kappa shape index (κ1) is 10.3. The van der Waals surface area contributed by atoms with E-state index in [2.05, 4.69) is 9.97 Å². The lowest BCUT2D eigenvalue weighted by Crippen LogP contribution is -2.10. The third-order valence-electron chi connectivity index (χ3n) is 2.17. The van der Waals surface area contributed by atoms with Gasteiger partial charge in [-0.25, -0.2) is 0 Å². The first-order valence-electron chi connectivity index (χ1n) is 4.88. The molecular formula is C12H10N2O2. The summed E-state index contributed by atoms with van der Waals surface area (Å²) in [4.78, 5) is 29.9. The number of nitrogens with zero attached hydrogens (tertiary/aromatic N) is 1. The summed E-state index contributed by atoms with van der Waals surface area (Å²) in [7, 11) is 0. The fraction of sp³-hybridized carbons (Fsp3) is 0.0833. The van der Waals surface area contributed by atoms with Gasteiger partial charge in [0.15, 0.2) is 11.6 Å². The molecule has 2 aromatic heterocycles. The Bertz CT molecular complexity index is 489. The van der Waals surface area contributed by atoms with Crippen molar-refractivity contribution in [3.05, 3.63) is 54.1 Å². The van der Waals surface area contributed by atoms with Gasteiger partial charge in [-0.05, 0) is 24.3 Å². The Kier molecular flexibility index (Phi) is 2.91. The number of aromatic nitrogens is 2. The number of ketones is 2. The van der Waals surface area contributed by atoms with Gasteiger partial charge in [-0.1, -0.05) is 6.07 Å². The number of pyridine rings is 1. The molecule has 0 aliphatic rings. The largest absolute Gasteiger partial charge is 0.359 e. The van der Waals surface area contributed by atoms with E-state index in [1.54, 1.807) is 36.5 Å². The van der Waals surface area contributed by atoms with Crippen molar-refractivity contribution in [2.45, 2.75) is 6.42 Å². The van der Waals surface area contributed by atoms with E-state index in [-0.39, 0.29) is 18.0 Å². The first-order chi connectivity index (χ1) is 7.77. The van der Waals surface area contributed by atoms with E-state index in [1.807, 2.05) is 0 Å². The van der Waals surface area contributed by atoms with Crippen molar-refractivity contribution in [1.82, 2.24) is 9.97 Å². The molecule has 1 N–H and O–H groups in total. The molecule has 0 atom stereocenters. The minimum atomic E-state index is -0.264. The number of hydrogen-bond donors (Lipinski definition) is 1. The maximum Gasteiger partial charge on any atom is 0.188 e. The minimum Gasteiger partial charge on any atom is -0.359 e. The summed E-state index contributed by atoms with van der Waals surface area (Å²) in [6.45, 7) is 0. The van der Waals surface area contributed by atoms with Crippen molar-refractivity contribution in [3.8, 4) is 0 Å². The van der Waals surface area contributed by atoms with Crippen molar-refractivity contribution >= 4 is 11.6 Å². The normalized spacial score (nSPS) is 10.0. The molecule has 4 heteroatoms. The van der Waals surface area contributed by atoms with Crippen molar-refractivity contribution in [2.24, 2.45) is 0 Å². The van der Waals surface area contributed by atoms with Crippen LogP contribution in [0.2, 0.25) is 0 Å². The molecule has 2 heterocycles. The van der Waals surface area contributed by atoms with Crippen LogP contribution >= 0.6 is 0 Å². The Balaban J connectivity index is 2.06. The van der Waals surface area contributed by atoms with E-state index in [1.165, 1.54) is 6.20 Å². The standard InChI is InChI=1S/C12H10N2O2/c15-11(9-4-1-2-6-13-9)8-12(16)10-5-3-7-14-10/h1-7,14H,8H2. The van der Waals surface area contributed by atoms with Crippen LogP contribution in [0.15, 0.2) is 42.7 Å². The van der Waals surface area contributed by atoms with E-state index >= 15 is 0 Å². The molecule has 0 aliphatic heterocycles. The molecule has 0 radical (unpaired) electrons. The summed E-state index contributed by atoms with van der Waals surface area (Å²) < 4.78 is 0. The van der Waals surface area contributed by atoms with E-state index in [4.69, 9.17) is 0 Å². The highest BCUT2D eigenvalue weighted by atomic mass is 16.1.